The van der Waals surface area contributed by atoms with Crippen LogP contribution < -0.4 is 15.2 Å². The molecule has 1 atom stereocenters. The first-order chi connectivity index (χ1) is 11.6. The lowest BCUT2D eigenvalue weighted by Gasteiger charge is -2.22. The molecule has 0 fully saturated rings. The Bertz CT molecular complexity index is 742. The third kappa shape index (κ3) is 3.34. The van der Waals surface area contributed by atoms with Crippen LogP contribution in [0.25, 0.3) is 0 Å². The average molecular weight is 346 g/mol. The normalized spacial score (nSPS) is 17.5. The Hall–Kier alpha value is -2.18. The van der Waals surface area contributed by atoms with Crippen molar-refractivity contribution >= 4 is 11.3 Å². The molecule has 0 saturated carbocycles. The van der Waals surface area contributed by atoms with Gasteiger partial charge in [-0.15, -0.1) is 16.4 Å². The molecular weight excluding hydrogens is 324 g/mol. The van der Waals surface area contributed by atoms with Crippen LogP contribution in [-0.4, -0.2) is 19.3 Å². The summed E-state index contributed by atoms with van der Waals surface area (Å²) in [6.45, 7) is 2.76. The molecule has 24 heavy (non-hydrogen) atoms. The first-order valence-corrected chi connectivity index (χ1v) is 8.67. The van der Waals surface area contributed by atoms with Crippen LogP contribution in [0.2, 0.25) is 0 Å². The lowest BCUT2D eigenvalue weighted by Crippen LogP contribution is -2.22. The summed E-state index contributed by atoms with van der Waals surface area (Å²) in [5, 5.41) is 1.89. The number of methoxy groups -OCH3 is 2. The molecule has 0 saturated heterocycles. The SMILES string of the molecule is CCc1ccc(C2C=C(N)ON2Cc2ccc(OC)c(OC)c2)s1. The van der Waals surface area contributed by atoms with Gasteiger partial charge in [0.25, 0.3) is 0 Å². The second kappa shape index (κ2) is 7.15. The maximum Gasteiger partial charge on any atom is 0.207 e. The van der Waals surface area contributed by atoms with Crippen molar-refractivity contribution in [3.8, 4) is 11.5 Å². The van der Waals surface area contributed by atoms with Gasteiger partial charge in [-0.3, -0.25) is 0 Å². The van der Waals surface area contributed by atoms with Crippen LogP contribution in [0.5, 0.6) is 11.5 Å². The number of thiophene rings is 1. The first-order valence-electron chi connectivity index (χ1n) is 7.86. The molecule has 1 aromatic heterocycles. The minimum atomic E-state index is 0.0309. The largest absolute Gasteiger partial charge is 0.493 e. The van der Waals surface area contributed by atoms with Gasteiger partial charge in [0.05, 0.1) is 20.8 Å². The molecule has 1 unspecified atom stereocenters. The first kappa shape index (κ1) is 16.7. The molecule has 0 aliphatic carbocycles. The molecule has 0 amide bonds. The van der Waals surface area contributed by atoms with Crippen LogP contribution in [0.3, 0.4) is 0 Å². The number of nitrogens with zero attached hydrogens (tertiary/aromatic N) is 1. The number of hydrogen-bond acceptors (Lipinski definition) is 6. The van der Waals surface area contributed by atoms with Crippen LogP contribution in [0, 0.1) is 0 Å². The summed E-state index contributed by atoms with van der Waals surface area (Å²) in [4.78, 5) is 8.30. The molecule has 1 aliphatic rings. The highest BCUT2D eigenvalue weighted by Gasteiger charge is 2.29. The molecule has 2 heterocycles. The summed E-state index contributed by atoms with van der Waals surface area (Å²) < 4.78 is 10.7. The summed E-state index contributed by atoms with van der Waals surface area (Å²) in [6.07, 6.45) is 2.99. The number of hydrogen-bond donors (Lipinski definition) is 1. The maximum atomic E-state index is 5.90. The van der Waals surface area contributed by atoms with Gasteiger partial charge in [-0.1, -0.05) is 13.0 Å². The van der Waals surface area contributed by atoms with E-state index in [-0.39, 0.29) is 6.04 Å². The van der Waals surface area contributed by atoms with Crippen LogP contribution in [0.1, 0.15) is 28.3 Å². The van der Waals surface area contributed by atoms with Crippen LogP contribution in [-0.2, 0) is 17.8 Å². The van der Waals surface area contributed by atoms with Crippen molar-refractivity contribution in [3.63, 3.8) is 0 Å². The van der Waals surface area contributed by atoms with E-state index in [0.717, 1.165) is 12.0 Å². The van der Waals surface area contributed by atoms with Crippen molar-refractivity contribution in [2.75, 3.05) is 14.2 Å². The van der Waals surface area contributed by atoms with Crippen molar-refractivity contribution in [3.05, 3.63) is 57.6 Å². The van der Waals surface area contributed by atoms with E-state index in [9.17, 15) is 0 Å². The molecule has 1 aliphatic heterocycles. The van der Waals surface area contributed by atoms with Gasteiger partial charge in [-0.2, -0.15) is 0 Å². The van der Waals surface area contributed by atoms with Crippen LogP contribution in [0.15, 0.2) is 42.3 Å². The number of aryl methyl sites for hydroxylation is 1. The van der Waals surface area contributed by atoms with Crippen molar-refractivity contribution in [2.45, 2.75) is 25.9 Å². The third-order valence-corrected chi connectivity index (χ3v) is 5.26. The number of hydroxylamine groups is 2. The lowest BCUT2D eigenvalue weighted by molar-refractivity contribution is -0.127. The van der Waals surface area contributed by atoms with Crippen LogP contribution >= 0.6 is 11.3 Å². The second-order valence-corrected chi connectivity index (χ2v) is 6.73. The number of ether oxygens (including phenoxy) is 2. The molecule has 3 rings (SSSR count). The summed E-state index contributed by atoms with van der Waals surface area (Å²) in [6, 6.07) is 10.2. The highest BCUT2D eigenvalue weighted by atomic mass is 32.1. The minimum Gasteiger partial charge on any atom is -0.493 e. The Balaban J connectivity index is 1.81. The van der Waals surface area contributed by atoms with E-state index in [1.165, 1.54) is 9.75 Å². The van der Waals surface area contributed by atoms with Crippen molar-refractivity contribution in [1.82, 2.24) is 5.06 Å². The molecule has 128 valence electrons. The molecule has 0 radical (unpaired) electrons. The van der Waals surface area contributed by atoms with Gasteiger partial charge < -0.3 is 20.0 Å². The van der Waals surface area contributed by atoms with Crippen molar-refractivity contribution in [1.29, 1.82) is 0 Å². The van der Waals surface area contributed by atoms with Crippen molar-refractivity contribution in [2.24, 2.45) is 5.73 Å². The molecule has 0 bridgehead atoms. The predicted octanol–water partition coefficient (Wildman–Crippen LogP) is 3.62. The summed E-state index contributed by atoms with van der Waals surface area (Å²) in [5.74, 6) is 1.85. The Morgan fingerprint density at radius 2 is 1.96 bits per heavy atom. The molecule has 5 nitrogen and oxygen atoms in total. The number of benzene rings is 1. The smallest absolute Gasteiger partial charge is 0.207 e. The fourth-order valence-electron chi connectivity index (χ4n) is 2.72. The maximum absolute atomic E-state index is 5.90. The fourth-order valence-corrected chi connectivity index (χ4v) is 3.74. The molecule has 1 aromatic carbocycles. The van der Waals surface area contributed by atoms with Gasteiger partial charge in [-0.25, -0.2) is 0 Å². The summed E-state index contributed by atoms with van der Waals surface area (Å²) in [5.41, 5.74) is 6.97. The summed E-state index contributed by atoms with van der Waals surface area (Å²) in [7, 11) is 3.26. The Labute approximate surface area is 146 Å². The zero-order valence-electron chi connectivity index (χ0n) is 14.1. The quantitative estimate of drug-likeness (QED) is 0.866. The van der Waals surface area contributed by atoms with Crippen LogP contribution in [0.4, 0.5) is 0 Å². The Kier molecular flexibility index (Phi) is 4.97. The zero-order valence-corrected chi connectivity index (χ0v) is 14.9. The van der Waals surface area contributed by atoms with E-state index >= 15 is 0 Å². The minimum absolute atomic E-state index is 0.0309. The number of rotatable bonds is 6. The van der Waals surface area contributed by atoms with E-state index in [0.29, 0.717) is 23.9 Å². The summed E-state index contributed by atoms with van der Waals surface area (Å²) >= 11 is 1.79. The molecule has 2 aromatic rings. The topological polar surface area (TPSA) is 57.0 Å². The van der Waals surface area contributed by atoms with E-state index in [1.807, 2.05) is 29.3 Å². The lowest BCUT2D eigenvalue weighted by atomic mass is 10.1. The van der Waals surface area contributed by atoms with E-state index in [1.54, 1.807) is 25.6 Å². The molecule has 0 spiro atoms. The van der Waals surface area contributed by atoms with Gasteiger partial charge in [-0.05, 0) is 36.2 Å². The Morgan fingerprint density at radius 1 is 1.17 bits per heavy atom. The predicted molar refractivity (Wildman–Crippen MR) is 94.9 cm³/mol. The second-order valence-electron chi connectivity index (χ2n) is 5.53. The third-order valence-electron chi connectivity index (χ3n) is 3.96. The molecular formula is C18H22N2O3S. The molecule has 6 heteroatoms. The van der Waals surface area contributed by atoms with Gasteiger partial charge in [0.2, 0.25) is 5.88 Å². The zero-order chi connectivity index (χ0) is 17.1. The van der Waals surface area contributed by atoms with E-state index in [4.69, 9.17) is 20.0 Å². The van der Waals surface area contributed by atoms with Gasteiger partial charge in [0, 0.05) is 15.8 Å². The number of nitrogens with two attached hydrogens (primary N) is 1. The van der Waals surface area contributed by atoms with E-state index < -0.39 is 0 Å². The fraction of sp³-hybridized carbons (Fsp3) is 0.333. The van der Waals surface area contributed by atoms with E-state index in [2.05, 4.69) is 19.1 Å². The van der Waals surface area contributed by atoms with Gasteiger partial charge >= 0.3 is 0 Å². The van der Waals surface area contributed by atoms with Gasteiger partial charge in [0.15, 0.2) is 11.5 Å². The monoisotopic (exact) mass is 346 g/mol. The van der Waals surface area contributed by atoms with Crippen molar-refractivity contribution < 1.29 is 14.3 Å². The van der Waals surface area contributed by atoms with Gasteiger partial charge in [0.1, 0.15) is 6.04 Å². The Morgan fingerprint density at radius 3 is 2.62 bits per heavy atom. The average Bonchev–Trinajstić information content (AvgIpc) is 3.21. The standard InChI is InChI=1S/C18H22N2O3S/c1-4-13-6-8-17(24-13)14-10-18(19)23-20(14)11-12-5-7-15(21-2)16(9-12)22-3/h5-10,14H,4,11,19H2,1-3H3. The highest BCUT2D eigenvalue weighted by Crippen LogP contribution is 2.36. The molecule has 2 N–H and O–H groups in total. The highest BCUT2D eigenvalue weighted by molar-refractivity contribution is 7.12.